The zero-order valence-corrected chi connectivity index (χ0v) is 21.9. The predicted octanol–water partition coefficient (Wildman–Crippen LogP) is 8.63. The summed E-state index contributed by atoms with van der Waals surface area (Å²) < 4.78 is 6.02. The molecule has 0 heterocycles. The molecule has 0 radical (unpaired) electrons. The summed E-state index contributed by atoms with van der Waals surface area (Å²) in [7, 11) is 0. The molecule has 0 saturated heterocycles. The number of carboxylic acid groups (broad SMARTS) is 1. The Morgan fingerprint density at radius 1 is 0.848 bits per heavy atom. The Hall–Kier alpha value is -1.32. The van der Waals surface area contributed by atoms with Gasteiger partial charge in [0.25, 0.3) is 0 Å². The summed E-state index contributed by atoms with van der Waals surface area (Å²) in [4.78, 5) is 24.9. The Morgan fingerprint density at radius 3 is 1.76 bits per heavy atom. The summed E-state index contributed by atoms with van der Waals surface area (Å²) >= 11 is 0. The molecule has 0 aliphatic heterocycles. The van der Waals surface area contributed by atoms with E-state index in [1.807, 2.05) is 6.08 Å². The maximum atomic E-state index is 13.2. The van der Waals surface area contributed by atoms with Crippen molar-refractivity contribution in [1.29, 1.82) is 0 Å². The first kappa shape index (κ1) is 29.7. The van der Waals surface area contributed by atoms with Gasteiger partial charge in [-0.25, -0.2) is 0 Å². The first-order valence-electron chi connectivity index (χ1n) is 14.1. The number of esters is 1. The fourth-order valence-corrected chi connectivity index (χ4v) is 4.97. The number of aliphatic carboxylic acids is 1. The van der Waals surface area contributed by atoms with Crippen LogP contribution in [0.3, 0.4) is 0 Å². The average Bonchev–Trinajstić information content (AvgIpc) is 2.79. The standard InChI is InChI=1S/C29H52O4/c1-4-6-8-10-12-14-16-18-22-25(21-17-15-13-11-9-7-5-2)33-28(32)29(3)24-20-19-23-26(29)27(30)31/h20,24-26H,4-19,21-23H2,1-3H3,(H,30,31). The Kier molecular flexibility index (Phi) is 16.3. The number of carbonyl (C=O) groups excluding carboxylic acids is 1. The lowest BCUT2D eigenvalue weighted by Crippen LogP contribution is -2.42. The van der Waals surface area contributed by atoms with Crippen molar-refractivity contribution in [2.75, 3.05) is 0 Å². The molecule has 33 heavy (non-hydrogen) atoms. The molecule has 1 N–H and O–H groups in total. The minimum Gasteiger partial charge on any atom is -0.481 e. The fraction of sp³-hybridized carbons (Fsp3) is 0.862. The monoisotopic (exact) mass is 464 g/mol. The number of unbranched alkanes of at least 4 members (excludes halogenated alkanes) is 13. The van der Waals surface area contributed by atoms with Crippen molar-refractivity contribution in [3.63, 3.8) is 0 Å². The van der Waals surface area contributed by atoms with Crippen molar-refractivity contribution in [3.8, 4) is 0 Å². The van der Waals surface area contributed by atoms with Gasteiger partial charge in [-0.3, -0.25) is 9.59 Å². The molecule has 0 aromatic heterocycles. The van der Waals surface area contributed by atoms with Crippen molar-refractivity contribution >= 4 is 11.9 Å². The third-order valence-corrected chi connectivity index (χ3v) is 7.33. The average molecular weight is 465 g/mol. The van der Waals surface area contributed by atoms with E-state index >= 15 is 0 Å². The highest BCUT2D eigenvalue weighted by Crippen LogP contribution is 2.38. The second kappa shape index (κ2) is 18.1. The molecule has 1 rings (SSSR count). The Balaban J connectivity index is 2.53. The van der Waals surface area contributed by atoms with Crippen molar-refractivity contribution in [2.45, 2.75) is 149 Å². The smallest absolute Gasteiger partial charge is 0.316 e. The molecule has 192 valence electrons. The van der Waals surface area contributed by atoms with E-state index in [2.05, 4.69) is 13.8 Å². The minimum absolute atomic E-state index is 0.0881. The fourth-order valence-electron chi connectivity index (χ4n) is 4.97. The summed E-state index contributed by atoms with van der Waals surface area (Å²) in [6.45, 7) is 6.22. The Labute approximate surface area is 203 Å². The van der Waals surface area contributed by atoms with Crippen LogP contribution in [0.1, 0.15) is 143 Å². The number of ether oxygens (including phenoxy) is 1. The summed E-state index contributed by atoms with van der Waals surface area (Å²) in [5.41, 5.74) is -1.05. The number of rotatable bonds is 20. The molecule has 0 aromatic carbocycles. The van der Waals surface area contributed by atoms with Gasteiger partial charge in [-0.05, 0) is 45.4 Å². The normalized spacial score (nSPS) is 21.1. The lowest BCUT2D eigenvalue weighted by Gasteiger charge is -2.34. The second-order valence-corrected chi connectivity index (χ2v) is 10.4. The number of carboxylic acids is 1. The van der Waals surface area contributed by atoms with Gasteiger partial charge in [0.15, 0.2) is 0 Å². The van der Waals surface area contributed by atoms with Crippen LogP contribution in [0.4, 0.5) is 0 Å². The summed E-state index contributed by atoms with van der Waals surface area (Å²) in [5.74, 6) is -1.94. The van der Waals surface area contributed by atoms with E-state index in [9.17, 15) is 14.7 Å². The van der Waals surface area contributed by atoms with E-state index in [1.165, 1.54) is 83.5 Å². The van der Waals surface area contributed by atoms with Crippen LogP contribution in [0, 0.1) is 11.3 Å². The topological polar surface area (TPSA) is 63.6 Å². The van der Waals surface area contributed by atoms with Crippen LogP contribution < -0.4 is 0 Å². The first-order chi connectivity index (χ1) is 16.0. The molecule has 0 aromatic rings. The number of allylic oxidation sites excluding steroid dienone is 1. The summed E-state index contributed by atoms with van der Waals surface area (Å²) in [5, 5.41) is 9.66. The van der Waals surface area contributed by atoms with E-state index in [0.717, 1.165) is 25.7 Å². The molecular weight excluding hydrogens is 412 g/mol. The summed E-state index contributed by atoms with van der Waals surface area (Å²) in [6.07, 6.45) is 25.4. The lowest BCUT2D eigenvalue weighted by molar-refractivity contribution is -0.168. The predicted molar refractivity (Wildman–Crippen MR) is 137 cm³/mol. The second-order valence-electron chi connectivity index (χ2n) is 10.4. The van der Waals surface area contributed by atoms with Crippen LogP contribution in [-0.4, -0.2) is 23.1 Å². The zero-order valence-electron chi connectivity index (χ0n) is 21.9. The molecule has 3 atom stereocenters. The van der Waals surface area contributed by atoms with Gasteiger partial charge in [-0.1, -0.05) is 109 Å². The number of hydrogen-bond acceptors (Lipinski definition) is 3. The van der Waals surface area contributed by atoms with Gasteiger partial charge >= 0.3 is 11.9 Å². The molecule has 0 spiro atoms. The highest BCUT2D eigenvalue weighted by Gasteiger charge is 2.46. The van der Waals surface area contributed by atoms with Crippen LogP contribution in [-0.2, 0) is 14.3 Å². The third-order valence-electron chi connectivity index (χ3n) is 7.33. The molecule has 4 nitrogen and oxygen atoms in total. The molecule has 0 saturated carbocycles. The highest BCUT2D eigenvalue weighted by molar-refractivity contribution is 5.86. The molecule has 0 amide bonds. The van der Waals surface area contributed by atoms with Crippen molar-refractivity contribution in [3.05, 3.63) is 12.2 Å². The van der Waals surface area contributed by atoms with Gasteiger partial charge in [0.2, 0.25) is 0 Å². The molecule has 1 aliphatic rings. The minimum atomic E-state index is -1.05. The molecule has 0 bridgehead atoms. The van der Waals surface area contributed by atoms with E-state index < -0.39 is 17.3 Å². The van der Waals surface area contributed by atoms with Gasteiger partial charge in [-0.2, -0.15) is 0 Å². The van der Waals surface area contributed by atoms with Crippen molar-refractivity contribution in [1.82, 2.24) is 0 Å². The van der Waals surface area contributed by atoms with E-state index in [4.69, 9.17) is 4.74 Å². The van der Waals surface area contributed by atoms with Gasteiger partial charge < -0.3 is 9.84 Å². The molecule has 0 fully saturated rings. The van der Waals surface area contributed by atoms with E-state index in [0.29, 0.717) is 12.8 Å². The van der Waals surface area contributed by atoms with E-state index in [1.54, 1.807) is 13.0 Å². The maximum Gasteiger partial charge on any atom is 0.316 e. The molecule has 4 heteroatoms. The van der Waals surface area contributed by atoms with Crippen LogP contribution >= 0.6 is 0 Å². The van der Waals surface area contributed by atoms with Crippen LogP contribution in [0.5, 0.6) is 0 Å². The van der Waals surface area contributed by atoms with Crippen molar-refractivity contribution < 1.29 is 19.4 Å². The molecular formula is C29H52O4. The van der Waals surface area contributed by atoms with Crippen molar-refractivity contribution in [2.24, 2.45) is 11.3 Å². The van der Waals surface area contributed by atoms with Gasteiger partial charge in [0, 0.05) is 0 Å². The molecule has 1 aliphatic carbocycles. The number of hydrogen-bond donors (Lipinski definition) is 1. The quantitative estimate of drug-likeness (QED) is 0.111. The zero-order chi connectivity index (χ0) is 24.4. The van der Waals surface area contributed by atoms with E-state index in [-0.39, 0.29) is 12.1 Å². The Bertz CT molecular complexity index is 556. The maximum absolute atomic E-state index is 13.2. The third kappa shape index (κ3) is 12.1. The molecule has 3 unspecified atom stereocenters. The highest BCUT2D eigenvalue weighted by atomic mass is 16.5. The van der Waals surface area contributed by atoms with Gasteiger partial charge in [0.1, 0.15) is 6.10 Å². The largest absolute Gasteiger partial charge is 0.481 e. The lowest BCUT2D eigenvalue weighted by atomic mass is 9.71. The Morgan fingerprint density at radius 2 is 1.30 bits per heavy atom. The van der Waals surface area contributed by atoms with Gasteiger partial charge in [0.05, 0.1) is 11.3 Å². The summed E-state index contributed by atoms with van der Waals surface area (Å²) in [6, 6.07) is 0. The van der Waals surface area contributed by atoms with Crippen LogP contribution in [0.15, 0.2) is 12.2 Å². The number of carbonyl (C=O) groups is 2. The first-order valence-corrected chi connectivity index (χ1v) is 14.1. The van der Waals surface area contributed by atoms with Crippen LogP contribution in [0.2, 0.25) is 0 Å². The SMILES string of the molecule is CCCCCCCCCCC(CCCCCCCCC)OC(=O)C1(C)C=CCCC1C(=O)O. The van der Waals surface area contributed by atoms with Gasteiger partial charge in [-0.15, -0.1) is 0 Å². The van der Waals surface area contributed by atoms with Crippen LogP contribution in [0.25, 0.3) is 0 Å².